The molecule has 0 saturated carbocycles. The Hall–Kier alpha value is -2.82. The van der Waals surface area contributed by atoms with Crippen LogP contribution in [0, 0.1) is 6.92 Å². The average molecular weight is 352 g/mol. The topological polar surface area (TPSA) is 49.9 Å². The Balaban J connectivity index is 1.64. The molecule has 0 atom stereocenters. The Morgan fingerprint density at radius 2 is 1.81 bits per heavy atom. The number of hydrogen-bond acceptors (Lipinski definition) is 3. The van der Waals surface area contributed by atoms with Crippen molar-refractivity contribution in [1.82, 2.24) is 4.90 Å². The maximum Gasteiger partial charge on any atom is 0.246 e. The molecule has 0 spiro atoms. The van der Waals surface area contributed by atoms with Crippen LogP contribution >= 0.6 is 0 Å². The number of rotatable bonds is 5. The van der Waals surface area contributed by atoms with Crippen LogP contribution in [-0.2, 0) is 16.0 Å². The fourth-order valence-corrected chi connectivity index (χ4v) is 3.10. The number of aryl methyl sites for hydroxylation is 1. The first-order valence-corrected chi connectivity index (χ1v) is 8.94. The predicted octanol–water partition coefficient (Wildman–Crippen LogP) is 2.81. The van der Waals surface area contributed by atoms with Crippen LogP contribution in [0.15, 0.2) is 48.5 Å². The quantitative estimate of drug-likeness (QED) is 0.831. The summed E-state index contributed by atoms with van der Waals surface area (Å²) >= 11 is 0. The highest BCUT2D eigenvalue weighted by Gasteiger charge is 2.28. The molecule has 1 fully saturated rings. The molecule has 0 bridgehead atoms. The maximum absolute atomic E-state index is 12.7. The third-order valence-electron chi connectivity index (χ3n) is 4.53. The normalized spacial score (nSPS) is 14.5. The van der Waals surface area contributed by atoms with Crippen LogP contribution in [-0.4, -0.2) is 43.0 Å². The lowest BCUT2D eigenvalue weighted by Gasteiger charge is -2.34. The van der Waals surface area contributed by atoms with E-state index in [0.29, 0.717) is 19.7 Å². The zero-order chi connectivity index (χ0) is 18.5. The SMILES string of the molecule is CCOc1ccccc1CC(=O)N1CCN(c2ccc(C)cc2)C(=O)C1. The highest BCUT2D eigenvalue weighted by molar-refractivity contribution is 5.98. The fraction of sp³-hybridized carbons (Fsp3) is 0.333. The summed E-state index contributed by atoms with van der Waals surface area (Å²) in [6.07, 6.45) is 0.244. The van der Waals surface area contributed by atoms with Crippen molar-refractivity contribution >= 4 is 17.5 Å². The second-order valence-corrected chi connectivity index (χ2v) is 6.41. The Bertz CT molecular complexity index is 786. The summed E-state index contributed by atoms with van der Waals surface area (Å²) in [5.74, 6) is 0.633. The van der Waals surface area contributed by atoms with Gasteiger partial charge in [0.25, 0.3) is 0 Å². The van der Waals surface area contributed by atoms with Crippen LogP contribution in [0.25, 0.3) is 0 Å². The monoisotopic (exact) mass is 352 g/mol. The maximum atomic E-state index is 12.7. The van der Waals surface area contributed by atoms with Crippen molar-refractivity contribution in [3.8, 4) is 5.75 Å². The van der Waals surface area contributed by atoms with E-state index in [0.717, 1.165) is 22.6 Å². The average Bonchev–Trinajstić information content (AvgIpc) is 2.64. The minimum atomic E-state index is -0.0495. The van der Waals surface area contributed by atoms with Crippen LogP contribution in [0.4, 0.5) is 5.69 Å². The second kappa shape index (κ2) is 8.04. The lowest BCUT2D eigenvalue weighted by Crippen LogP contribution is -2.52. The van der Waals surface area contributed by atoms with Crippen LogP contribution < -0.4 is 9.64 Å². The summed E-state index contributed by atoms with van der Waals surface area (Å²) in [5, 5.41) is 0. The molecule has 1 aliphatic rings. The standard InChI is InChI=1S/C21H24N2O3/c1-3-26-19-7-5-4-6-17(19)14-20(24)22-12-13-23(21(25)15-22)18-10-8-16(2)9-11-18/h4-11H,3,12-15H2,1-2H3. The molecule has 0 unspecified atom stereocenters. The van der Waals surface area contributed by atoms with Crippen molar-refractivity contribution in [1.29, 1.82) is 0 Å². The van der Waals surface area contributed by atoms with E-state index >= 15 is 0 Å². The van der Waals surface area contributed by atoms with E-state index in [1.807, 2.05) is 62.4 Å². The number of carbonyl (C=O) groups excluding carboxylic acids is 2. The highest BCUT2D eigenvalue weighted by Crippen LogP contribution is 2.21. The predicted molar refractivity (Wildman–Crippen MR) is 101 cm³/mol. The first kappa shape index (κ1) is 18.0. The number of ether oxygens (including phenoxy) is 1. The van der Waals surface area contributed by atoms with Gasteiger partial charge >= 0.3 is 0 Å². The molecule has 0 aliphatic carbocycles. The van der Waals surface area contributed by atoms with Gasteiger partial charge in [0, 0.05) is 24.3 Å². The molecule has 2 aromatic carbocycles. The van der Waals surface area contributed by atoms with Crippen molar-refractivity contribution in [3.63, 3.8) is 0 Å². The molecular formula is C21H24N2O3. The molecule has 5 nitrogen and oxygen atoms in total. The third-order valence-corrected chi connectivity index (χ3v) is 4.53. The van der Waals surface area contributed by atoms with Gasteiger partial charge in [0.05, 0.1) is 13.0 Å². The van der Waals surface area contributed by atoms with Crippen molar-refractivity contribution < 1.29 is 14.3 Å². The first-order valence-electron chi connectivity index (χ1n) is 8.94. The van der Waals surface area contributed by atoms with Gasteiger partial charge in [0.1, 0.15) is 12.3 Å². The number of carbonyl (C=O) groups is 2. The van der Waals surface area contributed by atoms with E-state index in [1.54, 1.807) is 9.80 Å². The van der Waals surface area contributed by atoms with E-state index in [4.69, 9.17) is 4.74 Å². The summed E-state index contributed by atoms with van der Waals surface area (Å²) in [6, 6.07) is 15.4. The van der Waals surface area contributed by atoms with Crippen LogP contribution in [0.1, 0.15) is 18.1 Å². The summed E-state index contributed by atoms with van der Waals surface area (Å²) < 4.78 is 5.58. The summed E-state index contributed by atoms with van der Waals surface area (Å²) in [6.45, 7) is 5.66. The minimum absolute atomic E-state index is 0.0472. The highest BCUT2D eigenvalue weighted by atomic mass is 16.5. The Labute approximate surface area is 154 Å². The van der Waals surface area contributed by atoms with E-state index < -0.39 is 0 Å². The summed E-state index contributed by atoms with van der Waals surface area (Å²) in [5.41, 5.74) is 2.89. The van der Waals surface area contributed by atoms with Crippen LogP contribution in [0.2, 0.25) is 0 Å². The van der Waals surface area contributed by atoms with E-state index in [1.165, 1.54) is 0 Å². The van der Waals surface area contributed by atoms with Gasteiger partial charge in [-0.15, -0.1) is 0 Å². The third kappa shape index (κ3) is 4.04. The molecule has 3 rings (SSSR count). The van der Waals surface area contributed by atoms with Gasteiger partial charge < -0.3 is 14.5 Å². The molecule has 0 aromatic heterocycles. The van der Waals surface area contributed by atoms with Crippen LogP contribution in [0.3, 0.4) is 0 Å². The molecule has 0 radical (unpaired) electrons. The van der Waals surface area contributed by atoms with Gasteiger partial charge in [-0.1, -0.05) is 35.9 Å². The zero-order valence-electron chi connectivity index (χ0n) is 15.3. The summed E-state index contributed by atoms with van der Waals surface area (Å²) in [4.78, 5) is 28.6. The van der Waals surface area contributed by atoms with Gasteiger partial charge in [0.15, 0.2) is 0 Å². The molecule has 2 amide bonds. The number of anilines is 1. The molecule has 136 valence electrons. The van der Waals surface area contributed by atoms with Gasteiger partial charge in [0.2, 0.25) is 11.8 Å². The molecule has 1 saturated heterocycles. The number of amides is 2. The first-order chi connectivity index (χ1) is 12.6. The van der Waals surface area contributed by atoms with Crippen molar-refractivity contribution in [2.75, 3.05) is 31.1 Å². The summed E-state index contributed by atoms with van der Waals surface area (Å²) in [7, 11) is 0. The molecule has 26 heavy (non-hydrogen) atoms. The van der Waals surface area contributed by atoms with Gasteiger partial charge in [-0.2, -0.15) is 0 Å². The van der Waals surface area contributed by atoms with Gasteiger partial charge in [-0.05, 0) is 32.0 Å². The lowest BCUT2D eigenvalue weighted by atomic mass is 10.1. The Kier molecular flexibility index (Phi) is 5.56. The number of benzene rings is 2. The molecule has 5 heteroatoms. The van der Waals surface area contributed by atoms with E-state index in [-0.39, 0.29) is 24.8 Å². The Morgan fingerprint density at radius 1 is 1.08 bits per heavy atom. The number of piperazine rings is 1. The van der Waals surface area contributed by atoms with Crippen molar-refractivity contribution in [3.05, 3.63) is 59.7 Å². The Morgan fingerprint density at radius 3 is 2.50 bits per heavy atom. The largest absolute Gasteiger partial charge is 0.494 e. The molecule has 2 aromatic rings. The zero-order valence-corrected chi connectivity index (χ0v) is 15.3. The second-order valence-electron chi connectivity index (χ2n) is 6.41. The number of hydrogen-bond donors (Lipinski definition) is 0. The fourth-order valence-electron chi connectivity index (χ4n) is 3.10. The molecule has 0 N–H and O–H groups in total. The molecule has 1 aliphatic heterocycles. The van der Waals surface area contributed by atoms with Crippen molar-refractivity contribution in [2.45, 2.75) is 20.3 Å². The number of para-hydroxylation sites is 1. The van der Waals surface area contributed by atoms with E-state index in [9.17, 15) is 9.59 Å². The van der Waals surface area contributed by atoms with E-state index in [2.05, 4.69) is 0 Å². The molecular weight excluding hydrogens is 328 g/mol. The number of nitrogens with zero attached hydrogens (tertiary/aromatic N) is 2. The van der Waals surface area contributed by atoms with Crippen molar-refractivity contribution in [2.24, 2.45) is 0 Å². The minimum Gasteiger partial charge on any atom is -0.494 e. The van der Waals surface area contributed by atoms with Gasteiger partial charge in [-0.3, -0.25) is 9.59 Å². The molecule has 1 heterocycles. The lowest BCUT2D eigenvalue weighted by molar-refractivity contribution is -0.136. The van der Waals surface area contributed by atoms with Crippen LogP contribution in [0.5, 0.6) is 5.75 Å². The van der Waals surface area contributed by atoms with Gasteiger partial charge in [-0.25, -0.2) is 0 Å². The smallest absolute Gasteiger partial charge is 0.246 e.